The van der Waals surface area contributed by atoms with Crippen LogP contribution in [0, 0.1) is 23.3 Å². The van der Waals surface area contributed by atoms with Crippen LogP contribution in [0.1, 0.15) is 48.0 Å². The number of hydrogen-bond donors (Lipinski definition) is 2. The van der Waals surface area contributed by atoms with Gasteiger partial charge in [0.2, 0.25) is 23.7 Å². The minimum absolute atomic E-state index is 0.0150. The normalized spacial score (nSPS) is 22.5. The first-order valence-electron chi connectivity index (χ1n) is 27.8. The molecule has 1 unspecified atom stereocenters. The average Bonchev–Trinajstić information content (AvgIpc) is 3.45. The molecule has 0 bridgehead atoms. The molecule has 2 aromatic heterocycles. The first-order valence-corrected chi connectivity index (χ1v) is 28.6. The van der Waals surface area contributed by atoms with Gasteiger partial charge in [-0.25, -0.2) is 31.9 Å². The van der Waals surface area contributed by atoms with Crippen LogP contribution in [-0.4, -0.2) is 183 Å². The maximum Gasteiger partial charge on any atom is 0.246 e. The van der Waals surface area contributed by atoms with Gasteiger partial charge in [0.25, 0.3) is 0 Å². The van der Waals surface area contributed by atoms with Crippen LogP contribution in [0.5, 0.6) is 11.5 Å². The Balaban J connectivity index is 0.000000186. The van der Waals surface area contributed by atoms with Gasteiger partial charge in [0.05, 0.1) is 21.2 Å². The predicted octanol–water partition coefficient (Wildman–Crippen LogP) is 9.85. The van der Waals surface area contributed by atoms with E-state index in [1.807, 2.05) is 47.3 Å². The predicted molar refractivity (Wildman–Crippen MR) is 315 cm³/mol. The summed E-state index contributed by atoms with van der Waals surface area (Å²) in [4.78, 5) is 59.7. The highest BCUT2D eigenvalue weighted by Crippen LogP contribution is 2.46. The fraction of sp³-hybridized carbons (Fsp3) is 0.433. The van der Waals surface area contributed by atoms with Crippen LogP contribution >= 0.6 is 23.2 Å². The molecule has 4 aromatic carbocycles. The minimum Gasteiger partial charge on any atom is -0.507 e. The van der Waals surface area contributed by atoms with E-state index >= 15 is 8.78 Å². The molecular weight excluding hydrogens is 1120 g/mol. The number of carbonyl (C=O) groups is 2. The molecule has 5 atom stereocenters. The number of aromatic hydroxyl groups is 2. The van der Waals surface area contributed by atoms with E-state index < -0.39 is 40.4 Å². The summed E-state index contributed by atoms with van der Waals surface area (Å²) in [6.07, 6.45) is 3.08. The molecule has 83 heavy (non-hydrogen) atoms. The number of fused-ring (bicyclic) bond motifs is 2. The molecule has 2 amide bonds. The summed E-state index contributed by atoms with van der Waals surface area (Å²) in [5.74, 6) is -2.95. The molecule has 5 fully saturated rings. The second-order valence-electron chi connectivity index (χ2n) is 22.8. The molecule has 0 radical (unpaired) electrons. The SMILES string of the molecule is C=CC(=O)N1C[C@H](C)N(c2nc(N3CC(N(C)CC)C3)nc3c(F)c(-c4c(O)cccc4F)c(Cl)cc23)C[C@H]1C.C=CC(=O)N1C[C@H](C)N(c2nc(N3CC(N4CCC(C)(F)C4)C3)nc3c(F)c(-c4c(O)cccc4F)c(Cl)cc23)C[C@H]1C. The third kappa shape index (κ3) is 11.0. The Morgan fingerprint density at radius 3 is 1.49 bits per heavy atom. The van der Waals surface area contributed by atoms with Gasteiger partial charge >= 0.3 is 0 Å². The van der Waals surface area contributed by atoms with E-state index in [4.69, 9.17) is 33.2 Å². The van der Waals surface area contributed by atoms with Crippen molar-refractivity contribution in [1.82, 2.24) is 39.5 Å². The summed E-state index contributed by atoms with van der Waals surface area (Å²) < 4.78 is 77.1. The zero-order chi connectivity index (χ0) is 59.7. The van der Waals surface area contributed by atoms with E-state index in [1.165, 1.54) is 48.6 Å². The fourth-order valence-electron chi connectivity index (χ4n) is 12.0. The van der Waals surface area contributed by atoms with Gasteiger partial charge in [0, 0.05) is 124 Å². The molecular formula is C60H67Cl2F5N12O4. The third-order valence-corrected chi connectivity index (χ3v) is 17.6. The molecule has 11 rings (SSSR count). The number of carbonyl (C=O) groups excluding carboxylic acids is 2. The number of aromatic nitrogens is 4. The van der Waals surface area contributed by atoms with Crippen molar-refractivity contribution in [1.29, 1.82) is 0 Å². The number of halogens is 7. The Kier molecular flexibility index (Phi) is 16.5. The van der Waals surface area contributed by atoms with Crippen molar-refractivity contribution in [3.05, 3.63) is 107 Å². The zero-order valence-corrected chi connectivity index (χ0v) is 48.9. The van der Waals surface area contributed by atoms with Crippen molar-refractivity contribution in [2.24, 2.45) is 0 Å². The van der Waals surface area contributed by atoms with E-state index in [2.05, 4.69) is 46.9 Å². The molecule has 7 heterocycles. The maximum absolute atomic E-state index is 16.5. The number of benzene rings is 4. The molecule has 0 spiro atoms. The molecule has 5 aliphatic heterocycles. The summed E-state index contributed by atoms with van der Waals surface area (Å²) in [5, 5.41) is 21.4. The second-order valence-corrected chi connectivity index (χ2v) is 23.6. The van der Waals surface area contributed by atoms with Crippen molar-refractivity contribution in [2.45, 2.75) is 89.9 Å². The van der Waals surface area contributed by atoms with E-state index in [0.29, 0.717) is 106 Å². The lowest BCUT2D eigenvalue weighted by molar-refractivity contribution is -0.129. The van der Waals surface area contributed by atoms with Crippen LogP contribution in [0.15, 0.2) is 73.8 Å². The number of phenols is 2. The lowest BCUT2D eigenvalue weighted by Crippen LogP contribution is -2.60. The second kappa shape index (κ2) is 23.2. The Hall–Kier alpha value is -7.07. The van der Waals surface area contributed by atoms with Gasteiger partial charge in [-0.1, -0.05) is 55.4 Å². The van der Waals surface area contributed by atoms with Gasteiger partial charge in [-0.05, 0) is 103 Å². The topological polar surface area (TPSA) is 152 Å². The number of likely N-dealkylation sites (N-methyl/N-ethyl adjacent to an activating group) is 1. The molecule has 440 valence electrons. The quantitative estimate of drug-likeness (QED) is 0.0935. The Morgan fingerprint density at radius 2 is 1.11 bits per heavy atom. The van der Waals surface area contributed by atoms with E-state index in [-0.39, 0.29) is 91.3 Å². The number of anilines is 4. The van der Waals surface area contributed by atoms with Crippen molar-refractivity contribution >= 4 is 80.4 Å². The molecule has 6 aromatic rings. The zero-order valence-electron chi connectivity index (χ0n) is 47.4. The van der Waals surface area contributed by atoms with Gasteiger partial charge in [-0.2, -0.15) is 9.97 Å². The summed E-state index contributed by atoms with van der Waals surface area (Å²) in [7, 11) is 2.05. The monoisotopic (exact) mass is 1180 g/mol. The summed E-state index contributed by atoms with van der Waals surface area (Å²) in [6.45, 7) is 24.8. The van der Waals surface area contributed by atoms with Crippen molar-refractivity contribution < 1.29 is 41.8 Å². The molecule has 2 N–H and O–H groups in total. The molecule has 16 nitrogen and oxygen atoms in total. The van der Waals surface area contributed by atoms with Crippen LogP contribution in [-0.2, 0) is 9.59 Å². The van der Waals surface area contributed by atoms with Crippen LogP contribution < -0.4 is 19.6 Å². The lowest BCUT2D eigenvalue weighted by atomic mass is 10.00. The van der Waals surface area contributed by atoms with Crippen LogP contribution in [0.3, 0.4) is 0 Å². The standard InChI is InChI=1S/C31H34ClF3N6O2.C29H33ClF2N6O2/c1-5-24(43)40-12-18(3)41(13-17(40)2)29-20-11-21(32)25(26-22(33)7-6-8-23(26)42)27(34)28(20)36-30(37-29)39-14-19(15-39)38-10-9-31(4,35)16-38;1-6-23(40)37-12-17(4)38(13-16(37)3)28-19-11-20(30)24(25-21(31)9-8-10-22(25)39)26(32)27(19)33-29(34-28)36-14-18(15-36)35(5)7-2/h5-8,11,17-19,42H,1,9-10,12-16H2,2-4H3;6,8-11,16-18,39H,1,7,12-15H2,2-5H3/t17-,18+,31?;16-,17+/m11/s1. The van der Waals surface area contributed by atoms with Crippen molar-refractivity contribution in [3.8, 4) is 33.8 Å². The highest BCUT2D eigenvalue weighted by Gasteiger charge is 2.43. The summed E-state index contributed by atoms with van der Waals surface area (Å²) >= 11 is 13.2. The number of hydrogen-bond acceptors (Lipinski definition) is 14. The molecule has 23 heteroatoms. The number of piperazine rings is 2. The number of phenolic OH excluding ortho intramolecular Hbond substituents is 2. The number of amides is 2. The smallest absolute Gasteiger partial charge is 0.246 e. The van der Waals surface area contributed by atoms with Crippen molar-refractivity contribution in [3.63, 3.8) is 0 Å². The van der Waals surface area contributed by atoms with E-state index in [0.717, 1.165) is 18.7 Å². The number of nitrogens with zero attached hydrogens (tertiary/aromatic N) is 12. The minimum atomic E-state index is -1.22. The first-order chi connectivity index (χ1) is 39.4. The average molecular weight is 1190 g/mol. The van der Waals surface area contributed by atoms with Crippen LogP contribution in [0.25, 0.3) is 44.1 Å². The van der Waals surface area contributed by atoms with Crippen LogP contribution in [0.2, 0.25) is 10.0 Å². The molecule has 0 aliphatic carbocycles. The van der Waals surface area contributed by atoms with Gasteiger partial charge in [-0.3, -0.25) is 14.5 Å². The fourth-order valence-corrected chi connectivity index (χ4v) is 12.6. The molecule has 5 aliphatic rings. The molecule has 0 saturated carbocycles. The van der Waals surface area contributed by atoms with Gasteiger partial charge < -0.3 is 44.5 Å². The highest BCUT2D eigenvalue weighted by atomic mass is 35.5. The number of alkyl halides is 1. The van der Waals surface area contributed by atoms with Gasteiger partial charge in [-0.15, -0.1) is 0 Å². The first kappa shape index (κ1) is 59.1. The number of likely N-dealkylation sites (tertiary alicyclic amines) is 1. The molecule has 5 saturated heterocycles. The number of rotatable bonds is 11. The van der Waals surface area contributed by atoms with Crippen LogP contribution in [0.4, 0.5) is 45.5 Å². The third-order valence-electron chi connectivity index (χ3n) is 17.0. The van der Waals surface area contributed by atoms with E-state index in [9.17, 15) is 33.0 Å². The van der Waals surface area contributed by atoms with Gasteiger partial charge in [0.1, 0.15) is 51.5 Å². The lowest BCUT2D eigenvalue weighted by Gasteiger charge is -2.46. The largest absolute Gasteiger partial charge is 0.507 e. The Morgan fingerprint density at radius 1 is 0.675 bits per heavy atom. The summed E-state index contributed by atoms with van der Waals surface area (Å²) in [6, 6.07) is 10.3. The Bertz CT molecular complexity index is 3510. The Labute approximate surface area is 489 Å². The van der Waals surface area contributed by atoms with Gasteiger partial charge in [0.15, 0.2) is 11.6 Å². The van der Waals surface area contributed by atoms with E-state index in [1.54, 1.807) is 16.7 Å². The maximum atomic E-state index is 16.5. The van der Waals surface area contributed by atoms with Crippen molar-refractivity contribution in [2.75, 3.05) is 98.6 Å². The summed E-state index contributed by atoms with van der Waals surface area (Å²) in [5.41, 5.74) is -2.50. The highest BCUT2D eigenvalue weighted by molar-refractivity contribution is 6.35.